The van der Waals surface area contributed by atoms with Crippen LogP contribution in [0.4, 0.5) is 0 Å². The summed E-state index contributed by atoms with van der Waals surface area (Å²) in [7, 11) is 0. The lowest BCUT2D eigenvalue weighted by Gasteiger charge is -2.41. The van der Waals surface area contributed by atoms with Gasteiger partial charge in [-0.2, -0.15) is 5.26 Å². The number of hydrogen-bond acceptors (Lipinski definition) is 3. The molecule has 1 fully saturated rings. The quantitative estimate of drug-likeness (QED) is 0.722. The molecule has 1 aliphatic rings. The average Bonchev–Trinajstić information content (AvgIpc) is 2.76. The topological polar surface area (TPSA) is 56.9 Å². The predicted octanol–water partition coefficient (Wildman–Crippen LogP) is 4.97. The monoisotopic (exact) mass is 354 g/mol. The van der Waals surface area contributed by atoms with Crippen LogP contribution in [0.25, 0.3) is 11.3 Å². The van der Waals surface area contributed by atoms with Crippen molar-refractivity contribution in [3.05, 3.63) is 90.1 Å². The Labute approximate surface area is 160 Å². The van der Waals surface area contributed by atoms with E-state index in [0.29, 0.717) is 25.7 Å². The van der Waals surface area contributed by atoms with Crippen LogP contribution in [0, 0.1) is 11.3 Å². The van der Waals surface area contributed by atoms with E-state index >= 15 is 0 Å². The molecule has 1 N–H and O–H groups in total. The number of rotatable bonds is 3. The van der Waals surface area contributed by atoms with Crippen LogP contribution < -0.4 is 0 Å². The highest BCUT2D eigenvalue weighted by atomic mass is 16.3. The van der Waals surface area contributed by atoms with Crippen molar-refractivity contribution in [2.45, 2.75) is 36.7 Å². The molecule has 27 heavy (non-hydrogen) atoms. The number of nitriles is 1. The van der Waals surface area contributed by atoms with Crippen LogP contribution in [0.2, 0.25) is 0 Å². The van der Waals surface area contributed by atoms with Gasteiger partial charge in [0.05, 0.1) is 22.8 Å². The molecular formula is C24H22N2O. The Bertz CT molecular complexity index is 952. The van der Waals surface area contributed by atoms with Crippen LogP contribution in [0.3, 0.4) is 0 Å². The number of benzene rings is 2. The lowest BCUT2D eigenvalue weighted by Crippen LogP contribution is -2.39. The number of aliphatic hydroxyl groups is 1. The maximum absolute atomic E-state index is 11.4. The molecule has 1 aromatic heterocycles. The summed E-state index contributed by atoms with van der Waals surface area (Å²) in [6, 6.07) is 26.4. The van der Waals surface area contributed by atoms with E-state index in [9.17, 15) is 10.4 Å². The maximum atomic E-state index is 11.4. The van der Waals surface area contributed by atoms with E-state index in [2.05, 4.69) is 11.1 Å². The second-order valence-corrected chi connectivity index (χ2v) is 7.39. The van der Waals surface area contributed by atoms with Crippen molar-refractivity contribution in [3.8, 4) is 17.3 Å². The fraction of sp³-hybridized carbons (Fsp3) is 0.250. The van der Waals surface area contributed by atoms with Crippen LogP contribution >= 0.6 is 0 Å². The van der Waals surface area contributed by atoms with E-state index < -0.39 is 11.0 Å². The second-order valence-electron chi connectivity index (χ2n) is 7.39. The van der Waals surface area contributed by atoms with Crippen molar-refractivity contribution in [2.24, 2.45) is 0 Å². The van der Waals surface area contributed by atoms with Crippen molar-refractivity contribution >= 4 is 0 Å². The van der Waals surface area contributed by atoms with Crippen LogP contribution in [0.5, 0.6) is 0 Å². The summed E-state index contributed by atoms with van der Waals surface area (Å²) < 4.78 is 0. The molecule has 1 saturated carbocycles. The highest BCUT2D eigenvalue weighted by molar-refractivity contribution is 5.59. The van der Waals surface area contributed by atoms with Gasteiger partial charge in [-0.1, -0.05) is 60.7 Å². The van der Waals surface area contributed by atoms with Gasteiger partial charge in [0.2, 0.25) is 0 Å². The van der Waals surface area contributed by atoms with Gasteiger partial charge >= 0.3 is 0 Å². The van der Waals surface area contributed by atoms with Gasteiger partial charge in [0.25, 0.3) is 0 Å². The van der Waals surface area contributed by atoms with Gasteiger partial charge in [-0.3, -0.25) is 4.98 Å². The highest BCUT2D eigenvalue weighted by Crippen LogP contribution is 2.47. The van der Waals surface area contributed by atoms with Gasteiger partial charge in [-0.25, -0.2) is 0 Å². The van der Waals surface area contributed by atoms with Gasteiger partial charge in [0.1, 0.15) is 0 Å². The largest absolute Gasteiger partial charge is 0.385 e. The fourth-order valence-corrected chi connectivity index (χ4v) is 4.09. The number of nitrogens with zero attached hydrogens (tertiary/aromatic N) is 2. The molecule has 3 nitrogen and oxygen atoms in total. The summed E-state index contributed by atoms with van der Waals surface area (Å²) in [5, 5.41) is 21.2. The normalized spacial score (nSPS) is 24.9. The van der Waals surface area contributed by atoms with Crippen molar-refractivity contribution in [1.29, 1.82) is 5.26 Å². The lowest BCUT2D eigenvalue weighted by atomic mass is 9.64. The van der Waals surface area contributed by atoms with Crippen molar-refractivity contribution in [1.82, 2.24) is 4.98 Å². The molecule has 3 heteroatoms. The minimum absolute atomic E-state index is 0.511. The minimum atomic E-state index is -0.915. The lowest BCUT2D eigenvalue weighted by molar-refractivity contribution is -0.0138. The van der Waals surface area contributed by atoms with E-state index in [1.54, 1.807) is 6.20 Å². The van der Waals surface area contributed by atoms with E-state index in [0.717, 1.165) is 22.4 Å². The van der Waals surface area contributed by atoms with Gasteiger partial charge in [-0.05, 0) is 48.9 Å². The summed E-state index contributed by atoms with van der Waals surface area (Å²) in [6.45, 7) is 0. The Morgan fingerprint density at radius 2 is 1.44 bits per heavy atom. The van der Waals surface area contributed by atoms with Crippen molar-refractivity contribution < 1.29 is 5.11 Å². The van der Waals surface area contributed by atoms with Crippen LogP contribution in [-0.2, 0) is 11.0 Å². The third kappa shape index (κ3) is 3.25. The Morgan fingerprint density at radius 3 is 2.07 bits per heavy atom. The summed E-state index contributed by atoms with van der Waals surface area (Å²) in [4.78, 5) is 4.46. The van der Waals surface area contributed by atoms with Crippen LogP contribution in [0.1, 0.15) is 36.8 Å². The average molecular weight is 354 g/mol. The van der Waals surface area contributed by atoms with E-state index in [4.69, 9.17) is 0 Å². The molecule has 0 unspecified atom stereocenters. The zero-order chi connectivity index (χ0) is 18.7. The molecule has 134 valence electrons. The van der Waals surface area contributed by atoms with Crippen molar-refractivity contribution in [3.63, 3.8) is 0 Å². The standard InChI is InChI=1S/C24H22N2O/c25-18-23(20-9-5-2-6-10-20)12-14-24(27,15-13-23)21-11-16-26-22(17-21)19-7-3-1-4-8-19/h1-11,16-17,27H,12-15H2/t23-,24-. The first-order chi connectivity index (χ1) is 13.2. The van der Waals surface area contributed by atoms with E-state index in [1.165, 1.54) is 0 Å². The third-order valence-corrected chi connectivity index (χ3v) is 5.84. The zero-order valence-corrected chi connectivity index (χ0v) is 15.2. The molecule has 0 bridgehead atoms. The predicted molar refractivity (Wildman–Crippen MR) is 106 cm³/mol. The Morgan fingerprint density at radius 1 is 0.815 bits per heavy atom. The van der Waals surface area contributed by atoms with Gasteiger partial charge in [-0.15, -0.1) is 0 Å². The third-order valence-electron chi connectivity index (χ3n) is 5.84. The molecule has 2 aromatic carbocycles. The minimum Gasteiger partial charge on any atom is -0.385 e. The first-order valence-corrected chi connectivity index (χ1v) is 9.36. The smallest absolute Gasteiger partial charge is 0.0899 e. The van der Waals surface area contributed by atoms with Crippen LogP contribution in [0.15, 0.2) is 79.0 Å². The van der Waals surface area contributed by atoms with Crippen molar-refractivity contribution in [2.75, 3.05) is 0 Å². The molecule has 0 atom stereocenters. The van der Waals surface area contributed by atoms with Gasteiger partial charge in [0, 0.05) is 11.8 Å². The first kappa shape index (κ1) is 17.5. The molecule has 3 aromatic rings. The molecular weight excluding hydrogens is 332 g/mol. The summed E-state index contributed by atoms with van der Waals surface area (Å²) >= 11 is 0. The molecule has 1 aliphatic carbocycles. The molecule has 0 radical (unpaired) electrons. The number of aromatic nitrogens is 1. The maximum Gasteiger partial charge on any atom is 0.0899 e. The second kappa shape index (κ2) is 6.98. The Hall–Kier alpha value is -2.96. The number of pyridine rings is 1. The fourth-order valence-electron chi connectivity index (χ4n) is 4.09. The summed E-state index contributed by atoms with van der Waals surface area (Å²) in [5.74, 6) is 0. The molecule has 0 aliphatic heterocycles. The highest BCUT2D eigenvalue weighted by Gasteiger charge is 2.44. The van der Waals surface area contributed by atoms with Crippen LogP contribution in [-0.4, -0.2) is 10.1 Å². The number of hydrogen-bond donors (Lipinski definition) is 1. The Balaban J connectivity index is 1.61. The molecule has 0 spiro atoms. The summed E-state index contributed by atoms with van der Waals surface area (Å²) in [5.41, 5.74) is 2.41. The summed E-state index contributed by atoms with van der Waals surface area (Å²) in [6.07, 6.45) is 4.18. The van der Waals surface area contributed by atoms with Gasteiger partial charge < -0.3 is 5.11 Å². The molecule has 1 heterocycles. The van der Waals surface area contributed by atoms with Gasteiger partial charge in [0.15, 0.2) is 0 Å². The SMILES string of the molecule is N#C[C@]1(c2ccccc2)CC[C@@](O)(c2ccnc(-c3ccccc3)c2)CC1. The van der Waals surface area contributed by atoms with E-state index in [1.807, 2.05) is 72.8 Å². The molecule has 0 saturated heterocycles. The molecule has 0 amide bonds. The van der Waals surface area contributed by atoms with E-state index in [-0.39, 0.29) is 0 Å². The molecule has 4 rings (SSSR count). The Kier molecular flexibility index (Phi) is 4.51. The first-order valence-electron chi connectivity index (χ1n) is 9.36. The zero-order valence-electron chi connectivity index (χ0n) is 15.2.